The number of anilines is 2. The van der Waals surface area contributed by atoms with Gasteiger partial charge in [0, 0.05) is 16.5 Å². The quantitative estimate of drug-likeness (QED) is 0.0300. The minimum absolute atomic E-state index is 0.0189. The standard InChI is InChI=1S/C36H28N8O12S3/c1-19(45)32(36(47)38-21-7-3-2-4-8-21)42-39-22-11-13-23(14-12-22)40-43-33-28(58(51,52)53)17-20-18-29(59(54,55)56)34(35(46)30(20)31(33)37)44-41-26-15-16-27(57(48,49)50)25-10-6-5-9-24(25)26/h2-18,32,46H,37H2,1H3,(H,38,47)(H,48,49,50)(H,51,52,53)(H,54,55,56). The molecule has 0 saturated carbocycles. The van der Waals surface area contributed by atoms with E-state index in [9.17, 15) is 53.6 Å². The number of para-hydroxylation sites is 1. The first-order valence-electron chi connectivity index (χ1n) is 16.5. The number of fused-ring (bicyclic) bond motifs is 2. The number of nitrogen functional groups attached to an aromatic ring is 1. The number of nitrogens with one attached hydrogen (secondary N) is 1. The van der Waals surface area contributed by atoms with Crippen molar-refractivity contribution in [2.24, 2.45) is 30.7 Å². The predicted molar refractivity (Wildman–Crippen MR) is 212 cm³/mol. The van der Waals surface area contributed by atoms with Gasteiger partial charge in [-0.05, 0) is 73.0 Å². The molecule has 59 heavy (non-hydrogen) atoms. The summed E-state index contributed by atoms with van der Waals surface area (Å²) in [5.41, 5.74) is 4.67. The van der Waals surface area contributed by atoms with E-state index < -0.39 is 96.4 Å². The van der Waals surface area contributed by atoms with Gasteiger partial charge in [-0.3, -0.25) is 23.2 Å². The lowest BCUT2D eigenvalue weighted by Gasteiger charge is -2.14. The van der Waals surface area contributed by atoms with E-state index in [1.165, 1.54) is 55.5 Å². The molecule has 7 N–H and O–H groups in total. The van der Waals surface area contributed by atoms with Crippen molar-refractivity contribution in [1.29, 1.82) is 0 Å². The molecule has 1 unspecified atom stereocenters. The second-order valence-electron chi connectivity index (χ2n) is 12.4. The number of phenolic OH excluding ortho intramolecular Hbond substituents is 1. The maximum atomic E-state index is 12.7. The van der Waals surface area contributed by atoms with Crippen molar-refractivity contribution in [2.45, 2.75) is 27.7 Å². The van der Waals surface area contributed by atoms with E-state index in [1.807, 2.05) is 0 Å². The first-order chi connectivity index (χ1) is 27.7. The highest BCUT2D eigenvalue weighted by Gasteiger charge is 2.28. The van der Waals surface area contributed by atoms with Crippen LogP contribution in [-0.2, 0) is 39.9 Å². The van der Waals surface area contributed by atoms with Crippen molar-refractivity contribution < 1.29 is 53.6 Å². The number of Topliss-reactive ketones (excluding diaryl/α,β-unsaturated/α-hetero) is 1. The van der Waals surface area contributed by atoms with Gasteiger partial charge in [0.25, 0.3) is 36.3 Å². The van der Waals surface area contributed by atoms with Gasteiger partial charge in [-0.15, -0.1) is 15.3 Å². The number of nitrogens with zero attached hydrogens (tertiary/aromatic N) is 6. The molecule has 23 heteroatoms. The number of azo groups is 3. The van der Waals surface area contributed by atoms with Crippen LogP contribution in [0.3, 0.4) is 0 Å². The highest BCUT2D eigenvalue weighted by molar-refractivity contribution is 7.86. The van der Waals surface area contributed by atoms with Crippen LogP contribution in [0.5, 0.6) is 5.75 Å². The summed E-state index contributed by atoms with van der Waals surface area (Å²) in [6.45, 7) is 1.17. The molecule has 0 aliphatic carbocycles. The number of benzene rings is 6. The third-order valence-electron chi connectivity index (χ3n) is 8.35. The summed E-state index contributed by atoms with van der Waals surface area (Å²) in [6.07, 6.45) is 0. The Hall–Kier alpha value is -6.89. The Bertz CT molecular complexity index is 3130. The molecule has 0 aromatic heterocycles. The predicted octanol–water partition coefficient (Wildman–Crippen LogP) is 7.53. The third kappa shape index (κ3) is 9.14. The number of carbonyl (C=O) groups is 2. The van der Waals surface area contributed by atoms with E-state index >= 15 is 0 Å². The Morgan fingerprint density at radius 3 is 1.73 bits per heavy atom. The maximum Gasteiger partial charge on any atom is 0.296 e. The van der Waals surface area contributed by atoms with Crippen LogP contribution in [0.2, 0.25) is 0 Å². The Morgan fingerprint density at radius 1 is 0.627 bits per heavy atom. The second-order valence-corrected chi connectivity index (χ2v) is 16.5. The van der Waals surface area contributed by atoms with Crippen molar-refractivity contribution in [3.05, 3.63) is 103 Å². The molecule has 0 saturated heterocycles. The van der Waals surface area contributed by atoms with Crippen LogP contribution in [0, 0.1) is 0 Å². The van der Waals surface area contributed by atoms with Gasteiger partial charge in [0.05, 0.1) is 28.1 Å². The molecule has 0 bridgehead atoms. The fourth-order valence-electron chi connectivity index (χ4n) is 5.64. The number of amides is 1. The third-order valence-corrected chi connectivity index (χ3v) is 11.0. The highest BCUT2D eigenvalue weighted by atomic mass is 32.2. The zero-order valence-electron chi connectivity index (χ0n) is 29.9. The van der Waals surface area contributed by atoms with Gasteiger partial charge in [0.15, 0.2) is 11.5 Å². The number of aromatic hydroxyl groups is 1. The molecule has 302 valence electrons. The van der Waals surface area contributed by atoms with Gasteiger partial charge in [-0.2, -0.15) is 40.6 Å². The molecule has 1 amide bonds. The van der Waals surface area contributed by atoms with Crippen molar-refractivity contribution in [2.75, 3.05) is 11.1 Å². The SMILES string of the molecule is CC(=O)C(N=Nc1ccc(N=Nc2c(S(=O)(=O)O)cc3cc(S(=O)(=O)O)c(N=Nc4ccc(S(=O)(=O)O)c5ccccc45)c(O)c3c2N)cc1)C(=O)Nc1ccccc1. The number of rotatable bonds is 12. The monoisotopic (exact) mass is 860 g/mol. The fourth-order valence-corrected chi connectivity index (χ4v) is 7.67. The number of phenols is 1. The van der Waals surface area contributed by atoms with Gasteiger partial charge in [0.2, 0.25) is 6.04 Å². The Kier molecular flexibility index (Phi) is 11.4. The second kappa shape index (κ2) is 16.2. The largest absolute Gasteiger partial charge is 0.505 e. The molecule has 6 aromatic carbocycles. The van der Waals surface area contributed by atoms with Crippen LogP contribution in [0.15, 0.2) is 149 Å². The van der Waals surface area contributed by atoms with Crippen LogP contribution in [0.4, 0.5) is 39.8 Å². The molecule has 0 radical (unpaired) electrons. The average molecular weight is 861 g/mol. The number of nitrogens with two attached hydrogens (primary N) is 1. The van der Waals surface area contributed by atoms with Gasteiger partial charge in [-0.1, -0.05) is 42.5 Å². The first-order valence-corrected chi connectivity index (χ1v) is 20.8. The van der Waals surface area contributed by atoms with E-state index in [2.05, 4.69) is 36.0 Å². The summed E-state index contributed by atoms with van der Waals surface area (Å²) < 4.78 is 104. The summed E-state index contributed by atoms with van der Waals surface area (Å²) in [4.78, 5) is 22.3. The van der Waals surface area contributed by atoms with Crippen molar-refractivity contribution in [3.63, 3.8) is 0 Å². The molecule has 0 aliphatic heterocycles. The Balaban J connectivity index is 1.39. The van der Waals surface area contributed by atoms with Crippen molar-refractivity contribution in [1.82, 2.24) is 0 Å². The summed E-state index contributed by atoms with van der Waals surface area (Å²) in [7, 11) is -15.1. The minimum atomic E-state index is -5.24. The topological polar surface area (TPSA) is 330 Å². The van der Waals surface area contributed by atoms with Gasteiger partial charge in [0.1, 0.15) is 26.1 Å². The highest BCUT2D eigenvalue weighted by Crippen LogP contribution is 2.48. The lowest BCUT2D eigenvalue weighted by Crippen LogP contribution is -2.31. The first kappa shape index (κ1) is 41.7. The minimum Gasteiger partial charge on any atom is -0.505 e. The number of carbonyl (C=O) groups excluding carboxylic acids is 2. The fraction of sp³-hybridized carbons (Fsp3) is 0.0556. The van der Waals surface area contributed by atoms with Crippen LogP contribution >= 0.6 is 0 Å². The molecule has 20 nitrogen and oxygen atoms in total. The van der Waals surface area contributed by atoms with Gasteiger partial charge >= 0.3 is 0 Å². The average Bonchev–Trinajstić information content (AvgIpc) is 3.16. The zero-order chi connectivity index (χ0) is 42.9. The van der Waals surface area contributed by atoms with Crippen LogP contribution < -0.4 is 11.1 Å². The van der Waals surface area contributed by atoms with Crippen molar-refractivity contribution >= 4 is 103 Å². The molecule has 6 rings (SSSR count). The number of ketones is 1. The number of hydrogen-bond acceptors (Lipinski definition) is 16. The lowest BCUT2D eigenvalue weighted by molar-refractivity contribution is -0.126. The summed E-state index contributed by atoms with van der Waals surface area (Å²) in [6, 6.07) is 21.7. The maximum absolute atomic E-state index is 12.7. The Morgan fingerprint density at radius 2 is 1.15 bits per heavy atom. The molecule has 0 fully saturated rings. The summed E-state index contributed by atoms with van der Waals surface area (Å²) >= 11 is 0. The number of hydrogen-bond donors (Lipinski definition) is 6. The molecule has 0 heterocycles. The summed E-state index contributed by atoms with van der Waals surface area (Å²) in [5.74, 6) is -2.32. The van der Waals surface area contributed by atoms with E-state index in [0.29, 0.717) is 11.8 Å². The molecule has 6 aromatic rings. The van der Waals surface area contributed by atoms with Gasteiger partial charge < -0.3 is 16.2 Å². The molecule has 0 spiro atoms. The molecule has 0 aliphatic rings. The van der Waals surface area contributed by atoms with Crippen LogP contribution in [-0.4, -0.2) is 61.8 Å². The zero-order valence-corrected chi connectivity index (χ0v) is 32.4. The van der Waals surface area contributed by atoms with E-state index in [4.69, 9.17) is 5.73 Å². The van der Waals surface area contributed by atoms with Crippen LogP contribution in [0.1, 0.15) is 6.92 Å². The molecule has 1 atom stereocenters. The summed E-state index contributed by atoms with van der Waals surface area (Å²) in [5, 5.41) is 36.7. The molecular weight excluding hydrogens is 833 g/mol. The van der Waals surface area contributed by atoms with Gasteiger partial charge in [-0.25, -0.2) is 0 Å². The van der Waals surface area contributed by atoms with E-state index in [0.717, 1.165) is 18.2 Å². The van der Waals surface area contributed by atoms with E-state index in [-0.39, 0.29) is 27.8 Å². The lowest BCUT2D eigenvalue weighted by atomic mass is 10.1. The van der Waals surface area contributed by atoms with Crippen molar-refractivity contribution in [3.8, 4) is 5.75 Å². The van der Waals surface area contributed by atoms with E-state index in [1.54, 1.807) is 30.3 Å². The molecular formula is C36H28N8O12S3. The Labute approximate surface area is 334 Å². The normalized spacial score (nSPS) is 13.2. The smallest absolute Gasteiger partial charge is 0.296 e. The van der Waals surface area contributed by atoms with Crippen LogP contribution in [0.25, 0.3) is 21.5 Å².